The quantitative estimate of drug-likeness (QED) is 0.604. The van der Waals surface area contributed by atoms with Gasteiger partial charge in [0.05, 0.1) is 18.8 Å². The molecule has 4 nitrogen and oxygen atoms in total. The number of likely N-dealkylation sites (tertiary alicyclic amines) is 1. The third-order valence-corrected chi connectivity index (χ3v) is 6.14. The van der Waals surface area contributed by atoms with Crippen molar-refractivity contribution in [1.82, 2.24) is 9.47 Å². The van der Waals surface area contributed by atoms with Gasteiger partial charge in [-0.1, -0.05) is 37.3 Å². The number of para-hydroxylation sites is 1. The molecule has 1 aliphatic heterocycles. The van der Waals surface area contributed by atoms with Gasteiger partial charge in [0.1, 0.15) is 5.75 Å². The third-order valence-electron chi connectivity index (χ3n) is 6.14. The lowest BCUT2D eigenvalue weighted by Gasteiger charge is -2.31. The number of aromatic nitrogens is 1. The smallest absolute Gasteiger partial charge is 0.223 e. The maximum Gasteiger partial charge on any atom is 0.223 e. The first-order valence-corrected chi connectivity index (χ1v) is 10.1. The molecule has 146 valence electrons. The fourth-order valence-corrected chi connectivity index (χ4v) is 4.61. The molecule has 0 saturated carbocycles. The number of benzene rings is 2. The van der Waals surface area contributed by atoms with E-state index in [2.05, 4.69) is 66.8 Å². The molecule has 2 atom stereocenters. The van der Waals surface area contributed by atoms with E-state index in [1.807, 2.05) is 12.1 Å². The minimum Gasteiger partial charge on any atom is -0.497 e. The van der Waals surface area contributed by atoms with Crippen LogP contribution in [0, 0.1) is 0 Å². The summed E-state index contributed by atoms with van der Waals surface area (Å²) >= 11 is 0. The first kappa shape index (κ1) is 18.6. The number of hydrogen-bond donors (Lipinski definition) is 0. The van der Waals surface area contributed by atoms with Gasteiger partial charge < -0.3 is 14.2 Å². The third kappa shape index (κ3) is 2.88. The van der Waals surface area contributed by atoms with Gasteiger partial charge in [0.15, 0.2) is 0 Å². The summed E-state index contributed by atoms with van der Waals surface area (Å²) in [5.74, 6) is 1.11. The van der Waals surface area contributed by atoms with E-state index in [0.29, 0.717) is 6.42 Å². The van der Waals surface area contributed by atoms with Crippen LogP contribution in [-0.4, -0.2) is 28.5 Å². The molecule has 1 fully saturated rings. The Labute approximate surface area is 166 Å². The monoisotopic (exact) mass is 376 g/mol. The lowest BCUT2D eigenvalue weighted by atomic mass is 9.96. The second-order valence-electron chi connectivity index (χ2n) is 7.68. The Hall–Kier alpha value is -2.75. The molecule has 0 unspecified atom stereocenters. The van der Waals surface area contributed by atoms with Crippen molar-refractivity contribution in [3.05, 3.63) is 54.1 Å². The molecule has 1 amide bonds. The average molecular weight is 377 g/mol. The topological polar surface area (TPSA) is 34.5 Å². The van der Waals surface area contributed by atoms with Gasteiger partial charge in [-0.15, -0.1) is 0 Å². The number of hydrogen-bond acceptors (Lipinski definition) is 2. The molecule has 2 heterocycles. The van der Waals surface area contributed by atoms with Crippen LogP contribution in [0.4, 0.5) is 0 Å². The zero-order valence-electron chi connectivity index (χ0n) is 17.1. The number of fused-ring (bicyclic) bond motifs is 1. The maximum atomic E-state index is 12.7. The predicted octanol–water partition coefficient (Wildman–Crippen LogP) is 5.32. The summed E-state index contributed by atoms with van der Waals surface area (Å²) in [5, 5.41) is 1.23. The second-order valence-corrected chi connectivity index (χ2v) is 7.68. The Kier molecular flexibility index (Phi) is 4.88. The van der Waals surface area contributed by atoms with E-state index < -0.39 is 0 Å². The summed E-state index contributed by atoms with van der Waals surface area (Å²) in [6.07, 6.45) is 2.45. The number of amides is 1. The molecule has 0 N–H and O–H groups in total. The molecule has 0 bridgehead atoms. The summed E-state index contributed by atoms with van der Waals surface area (Å²) in [6.45, 7) is 4.31. The molecule has 0 aliphatic carbocycles. The number of aryl methyl sites for hydroxylation is 1. The lowest BCUT2D eigenvalue weighted by Crippen LogP contribution is -2.35. The van der Waals surface area contributed by atoms with E-state index in [0.717, 1.165) is 24.2 Å². The summed E-state index contributed by atoms with van der Waals surface area (Å²) in [6, 6.07) is 17.1. The van der Waals surface area contributed by atoms with E-state index in [1.165, 1.54) is 22.2 Å². The lowest BCUT2D eigenvalue weighted by molar-refractivity contribution is -0.131. The summed E-state index contributed by atoms with van der Waals surface area (Å²) in [7, 11) is 3.81. The van der Waals surface area contributed by atoms with Crippen LogP contribution in [0.3, 0.4) is 0 Å². The van der Waals surface area contributed by atoms with E-state index in [1.54, 1.807) is 7.11 Å². The average Bonchev–Trinajstić information content (AvgIpc) is 3.25. The van der Waals surface area contributed by atoms with Gasteiger partial charge in [-0.25, -0.2) is 0 Å². The van der Waals surface area contributed by atoms with Gasteiger partial charge in [0.25, 0.3) is 0 Å². The first-order chi connectivity index (χ1) is 13.6. The van der Waals surface area contributed by atoms with Crippen LogP contribution < -0.4 is 4.74 Å². The van der Waals surface area contributed by atoms with Crippen LogP contribution in [0.2, 0.25) is 0 Å². The van der Waals surface area contributed by atoms with Crippen LogP contribution in [0.25, 0.3) is 22.2 Å². The van der Waals surface area contributed by atoms with Crippen LogP contribution >= 0.6 is 0 Å². The zero-order valence-corrected chi connectivity index (χ0v) is 17.1. The van der Waals surface area contributed by atoms with Gasteiger partial charge in [-0.3, -0.25) is 4.79 Å². The molecule has 1 aliphatic rings. The number of rotatable bonds is 5. The van der Waals surface area contributed by atoms with Crippen molar-refractivity contribution in [3.63, 3.8) is 0 Å². The maximum absolute atomic E-state index is 12.7. The molecular weight excluding hydrogens is 348 g/mol. The SMILES string of the molecule is CC[C@H](C)N1C(=O)CC[C@H]1c1c(-c2cccc(OC)c2)n(C)c2ccccc12. The minimum atomic E-state index is 0.106. The normalized spacial score (nSPS) is 18.1. The van der Waals surface area contributed by atoms with Crippen molar-refractivity contribution in [2.24, 2.45) is 7.05 Å². The molecular formula is C24H28N2O2. The fourth-order valence-electron chi connectivity index (χ4n) is 4.61. The Morgan fingerprint density at radius 1 is 1.18 bits per heavy atom. The Morgan fingerprint density at radius 2 is 1.96 bits per heavy atom. The van der Waals surface area contributed by atoms with Crippen molar-refractivity contribution in [2.75, 3.05) is 7.11 Å². The van der Waals surface area contributed by atoms with Gasteiger partial charge in [-0.05, 0) is 38.0 Å². The van der Waals surface area contributed by atoms with Crippen molar-refractivity contribution in [3.8, 4) is 17.0 Å². The van der Waals surface area contributed by atoms with Crippen molar-refractivity contribution < 1.29 is 9.53 Å². The first-order valence-electron chi connectivity index (χ1n) is 10.1. The highest BCUT2D eigenvalue weighted by atomic mass is 16.5. The fraction of sp³-hybridized carbons (Fsp3) is 0.375. The number of nitrogens with zero attached hydrogens (tertiary/aromatic N) is 2. The van der Waals surface area contributed by atoms with E-state index in [9.17, 15) is 4.79 Å². The van der Waals surface area contributed by atoms with Crippen LogP contribution in [0.5, 0.6) is 5.75 Å². The van der Waals surface area contributed by atoms with E-state index in [-0.39, 0.29) is 18.0 Å². The van der Waals surface area contributed by atoms with Crippen molar-refractivity contribution in [1.29, 1.82) is 0 Å². The Morgan fingerprint density at radius 3 is 2.71 bits per heavy atom. The molecule has 4 heteroatoms. The number of carbonyl (C=O) groups is 1. The van der Waals surface area contributed by atoms with E-state index in [4.69, 9.17) is 4.74 Å². The molecule has 3 aromatic rings. The number of methoxy groups -OCH3 is 1. The van der Waals surface area contributed by atoms with E-state index >= 15 is 0 Å². The van der Waals surface area contributed by atoms with Crippen LogP contribution in [0.1, 0.15) is 44.7 Å². The Bertz CT molecular complexity index is 1020. The molecule has 4 rings (SSSR count). The highest BCUT2D eigenvalue weighted by Crippen LogP contribution is 2.45. The van der Waals surface area contributed by atoms with Gasteiger partial charge in [0, 0.05) is 41.5 Å². The summed E-state index contributed by atoms with van der Waals surface area (Å²) in [4.78, 5) is 14.9. The van der Waals surface area contributed by atoms with Crippen molar-refractivity contribution in [2.45, 2.75) is 45.2 Å². The number of carbonyl (C=O) groups excluding carboxylic acids is 1. The second kappa shape index (κ2) is 7.34. The molecule has 1 saturated heterocycles. The summed E-state index contributed by atoms with van der Waals surface area (Å²) < 4.78 is 7.74. The molecule has 0 spiro atoms. The number of ether oxygens (including phenoxy) is 1. The van der Waals surface area contributed by atoms with Crippen LogP contribution in [-0.2, 0) is 11.8 Å². The Balaban J connectivity index is 1.98. The highest BCUT2D eigenvalue weighted by Gasteiger charge is 2.38. The minimum absolute atomic E-state index is 0.106. The largest absolute Gasteiger partial charge is 0.497 e. The predicted molar refractivity (Wildman–Crippen MR) is 113 cm³/mol. The van der Waals surface area contributed by atoms with Crippen LogP contribution in [0.15, 0.2) is 48.5 Å². The standard InChI is InChI=1S/C24H28N2O2/c1-5-16(2)26-21(13-14-22(26)27)23-19-11-6-7-12-20(19)25(3)24(23)17-9-8-10-18(15-17)28-4/h6-12,15-16,21H,5,13-14H2,1-4H3/t16-,21-/m0/s1. The zero-order chi connectivity index (χ0) is 19.8. The van der Waals surface area contributed by atoms with Crippen molar-refractivity contribution >= 4 is 16.8 Å². The summed E-state index contributed by atoms with van der Waals surface area (Å²) in [5.41, 5.74) is 4.75. The molecule has 1 aromatic heterocycles. The molecule has 0 radical (unpaired) electrons. The van der Waals surface area contributed by atoms with Gasteiger partial charge in [-0.2, -0.15) is 0 Å². The molecule has 28 heavy (non-hydrogen) atoms. The highest BCUT2D eigenvalue weighted by molar-refractivity contribution is 5.94. The van der Waals surface area contributed by atoms with Gasteiger partial charge >= 0.3 is 0 Å². The van der Waals surface area contributed by atoms with Gasteiger partial charge in [0.2, 0.25) is 5.91 Å². The molecule has 2 aromatic carbocycles.